The van der Waals surface area contributed by atoms with E-state index in [-0.39, 0.29) is 17.1 Å². The van der Waals surface area contributed by atoms with Crippen molar-refractivity contribution >= 4 is 33.4 Å². The minimum atomic E-state index is -3.88. The highest BCUT2D eigenvalue weighted by Gasteiger charge is 2.25. The van der Waals surface area contributed by atoms with E-state index >= 15 is 0 Å². The van der Waals surface area contributed by atoms with Crippen molar-refractivity contribution in [2.75, 3.05) is 37.5 Å². The van der Waals surface area contributed by atoms with Crippen molar-refractivity contribution in [3.05, 3.63) is 78.4 Å². The minimum absolute atomic E-state index is 0.0257. The summed E-state index contributed by atoms with van der Waals surface area (Å²) in [6, 6.07) is 18.4. The van der Waals surface area contributed by atoms with E-state index < -0.39 is 15.9 Å². The molecule has 0 saturated carbocycles. The normalized spacial score (nSPS) is 11.2. The molecule has 0 aromatic heterocycles. The Kier molecular flexibility index (Phi) is 8.38. The largest absolute Gasteiger partial charge is 0.497 e. The molecular formula is C26H28N2O6S. The third kappa shape index (κ3) is 5.93. The van der Waals surface area contributed by atoms with Gasteiger partial charge < -0.3 is 19.5 Å². The fourth-order valence-electron chi connectivity index (χ4n) is 3.47. The number of nitrogens with zero attached hydrogens (tertiary/aromatic N) is 1. The van der Waals surface area contributed by atoms with E-state index in [2.05, 4.69) is 5.32 Å². The standard InChI is InChI=1S/C26H28N2O6S/c1-5-28(20-9-7-6-8-10-20)35(30,31)22-13-15-25(34-4)23(18-22)27-26(29)16-11-19-17-21(32-2)12-14-24(19)33-3/h6-18H,5H2,1-4H3,(H,27,29)/b16-11+. The molecule has 0 unspecified atom stereocenters. The Bertz CT molecular complexity index is 1310. The summed E-state index contributed by atoms with van der Waals surface area (Å²) in [5, 5.41) is 2.70. The van der Waals surface area contributed by atoms with Crippen molar-refractivity contribution < 1.29 is 27.4 Å². The Morgan fingerprint density at radius 2 is 1.60 bits per heavy atom. The van der Waals surface area contributed by atoms with Crippen LogP contribution >= 0.6 is 0 Å². The van der Waals surface area contributed by atoms with Crippen LogP contribution in [-0.2, 0) is 14.8 Å². The molecule has 0 fully saturated rings. The van der Waals surface area contributed by atoms with Gasteiger partial charge in [0.1, 0.15) is 17.2 Å². The molecule has 8 nitrogen and oxygen atoms in total. The van der Waals surface area contributed by atoms with Crippen LogP contribution in [0.5, 0.6) is 17.2 Å². The number of ether oxygens (including phenoxy) is 3. The van der Waals surface area contributed by atoms with Crippen LogP contribution < -0.4 is 23.8 Å². The third-order valence-corrected chi connectivity index (χ3v) is 7.10. The fraction of sp³-hybridized carbons (Fsp3) is 0.192. The molecule has 1 N–H and O–H groups in total. The van der Waals surface area contributed by atoms with Gasteiger partial charge in [0.25, 0.3) is 10.0 Å². The highest BCUT2D eigenvalue weighted by molar-refractivity contribution is 7.92. The molecule has 0 spiro atoms. The zero-order valence-electron chi connectivity index (χ0n) is 20.0. The number of hydrogen-bond acceptors (Lipinski definition) is 6. The van der Waals surface area contributed by atoms with Gasteiger partial charge in [-0.1, -0.05) is 18.2 Å². The van der Waals surface area contributed by atoms with Crippen LogP contribution in [0.25, 0.3) is 6.08 Å². The quantitative estimate of drug-likeness (QED) is 0.413. The number of nitrogens with one attached hydrogen (secondary N) is 1. The van der Waals surface area contributed by atoms with Gasteiger partial charge in [0.2, 0.25) is 5.91 Å². The lowest BCUT2D eigenvalue weighted by Gasteiger charge is -2.23. The maximum absolute atomic E-state index is 13.4. The molecular weight excluding hydrogens is 468 g/mol. The van der Waals surface area contributed by atoms with Gasteiger partial charge >= 0.3 is 0 Å². The Labute approximate surface area is 205 Å². The number of methoxy groups -OCH3 is 3. The SMILES string of the molecule is CCN(c1ccccc1)S(=O)(=O)c1ccc(OC)c(NC(=O)/C=C/c2cc(OC)ccc2OC)c1. The van der Waals surface area contributed by atoms with E-state index in [0.29, 0.717) is 28.5 Å². The summed E-state index contributed by atoms with van der Waals surface area (Å²) in [5.74, 6) is 1.04. The zero-order valence-corrected chi connectivity index (χ0v) is 20.8. The molecule has 0 aliphatic heterocycles. The molecule has 1 amide bonds. The summed E-state index contributed by atoms with van der Waals surface area (Å²) >= 11 is 0. The van der Waals surface area contributed by atoms with Gasteiger partial charge in [-0.3, -0.25) is 9.10 Å². The van der Waals surface area contributed by atoms with Crippen molar-refractivity contribution in [2.24, 2.45) is 0 Å². The summed E-state index contributed by atoms with van der Waals surface area (Å²) in [4.78, 5) is 12.7. The lowest BCUT2D eigenvalue weighted by molar-refractivity contribution is -0.111. The highest BCUT2D eigenvalue weighted by atomic mass is 32.2. The molecule has 3 aromatic carbocycles. The lowest BCUT2D eigenvalue weighted by atomic mass is 10.1. The molecule has 0 atom stereocenters. The van der Waals surface area contributed by atoms with Crippen molar-refractivity contribution in [1.82, 2.24) is 0 Å². The van der Waals surface area contributed by atoms with Crippen molar-refractivity contribution in [2.45, 2.75) is 11.8 Å². The van der Waals surface area contributed by atoms with Crippen LogP contribution in [-0.4, -0.2) is 42.2 Å². The first-order chi connectivity index (χ1) is 16.8. The van der Waals surface area contributed by atoms with E-state index in [1.165, 1.54) is 42.8 Å². The number of anilines is 2. The van der Waals surface area contributed by atoms with Crippen molar-refractivity contribution in [1.29, 1.82) is 0 Å². The van der Waals surface area contributed by atoms with E-state index in [4.69, 9.17) is 14.2 Å². The number of carbonyl (C=O) groups is 1. The predicted octanol–water partition coefficient (Wildman–Crippen LogP) is 4.58. The smallest absolute Gasteiger partial charge is 0.264 e. The third-order valence-electron chi connectivity index (χ3n) is 5.20. The molecule has 0 aliphatic rings. The number of sulfonamides is 1. The molecule has 0 saturated heterocycles. The van der Waals surface area contributed by atoms with Crippen molar-refractivity contribution in [3.63, 3.8) is 0 Å². The molecule has 0 heterocycles. The monoisotopic (exact) mass is 496 g/mol. The first kappa shape index (κ1) is 25.6. The molecule has 35 heavy (non-hydrogen) atoms. The van der Waals surface area contributed by atoms with Crippen molar-refractivity contribution in [3.8, 4) is 17.2 Å². The van der Waals surface area contributed by atoms with Gasteiger partial charge in [-0.15, -0.1) is 0 Å². The van der Waals surface area contributed by atoms with Crippen LogP contribution in [0.2, 0.25) is 0 Å². The van der Waals surface area contributed by atoms with Crippen LogP contribution in [0.1, 0.15) is 12.5 Å². The zero-order chi connectivity index (χ0) is 25.4. The second-order valence-electron chi connectivity index (χ2n) is 7.30. The number of para-hydroxylation sites is 1. The highest BCUT2D eigenvalue weighted by Crippen LogP contribution is 2.31. The summed E-state index contributed by atoms with van der Waals surface area (Å²) in [6.07, 6.45) is 2.90. The summed E-state index contributed by atoms with van der Waals surface area (Å²) < 4.78 is 43.9. The predicted molar refractivity (Wildman–Crippen MR) is 137 cm³/mol. The van der Waals surface area contributed by atoms with Gasteiger partial charge in [0.15, 0.2) is 0 Å². The number of amides is 1. The van der Waals surface area contributed by atoms with Gasteiger partial charge in [0.05, 0.1) is 37.6 Å². The van der Waals surface area contributed by atoms with Crippen LogP contribution in [0.4, 0.5) is 11.4 Å². The molecule has 0 aliphatic carbocycles. The van der Waals surface area contributed by atoms with Crippen LogP contribution in [0.15, 0.2) is 77.7 Å². The number of rotatable bonds is 10. The lowest BCUT2D eigenvalue weighted by Crippen LogP contribution is -2.30. The van der Waals surface area contributed by atoms with Gasteiger partial charge in [-0.05, 0) is 61.5 Å². The van der Waals surface area contributed by atoms with E-state index in [1.54, 1.807) is 62.6 Å². The molecule has 0 bridgehead atoms. The molecule has 184 valence electrons. The van der Waals surface area contributed by atoms with Gasteiger partial charge in [-0.25, -0.2) is 8.42 Å². The number of hydrogen-bond donors (Lipinski definition) is 1. The Hall–Kier alpha value is -3.98. The fourth-order valence-corrected chi connectivity index (χ4v) is 4.97. The topological polar surface area (TPSA) is 94.2 Å². The van der Waals surface area contributed by atoms with E-state index in [0.717, 1.165) is 0 Å². The Morgan fingerprint density at radius 3 is 2.23 bits per heavy atom. The first-order valence-electron chi connectivity index (χ1n) is 10.8. The maximum atomic E-state index is 13.4. The second-order valence-corrected chi connectivity index (χ2v) is 9.16. The Morgan fingerprint density at radius 1 is 0.914 bits per heavy atom. The summed E-state index contributed by atoms with van der Waals surface area (Å²) in [5.41, 5.74) is 1.42. The number of carbonyl (C=O) groups excluding carboxylic acids is 1. The Balaban J connectivity index is 1.89. The molecule has 3 rings (SSSR count). The summed E-state index contributed by atoms with van der Waals surface area (Å²) in [6.45, 7) is 2.00. The number of benzene rings is 3. The van der Waals surface area contributed by atoms with E-state index in [9.17, 15) is 13.2 Å². The van der Waals surface area contributed by atoms with Gasteiger partial charge in [0, 0.05) is 18.2 Å². The molecule has 9 heteroatoms. The average Bonchev–Trinajstić information content (AvgIpc) is 2.88. The molecule has 3 aromatic rings. The first-order valence-corrected chi connectivity index (χ1v) is 12.2. The second kappa shape index (κ2) is 11.4. The minimum Gasteiger partial charge on any atom is -0.497 e. The van der Waals surface area contributed by atoms with Gasteiger partial charge in [-0.2, -0.15) is 0 Å². The van der Waals surface area contributed by atoms with Crippen LogP contribution in [0.3, 0.4) is 0 Å². The summed E-state index contributed by atoms with van der Waals surface area (Å²) in [7, 11) is 0.643. The van der Waals surface area contributed by atoms with Crippen LogP contribution in [0, 0.1) is 0 Å². The van der Waals surface area contributed by atoms with E-state index in [1.807, 2.05) is 6.07 Å². The maximum Gasteiger partial charge on any atom is 0.264 e. The molecule has 0 radical (unpaired) electrons. The average molecular weight is 497 g/mol.